The highest BCUT2D eigenvalue weighted by molar-refractivity contribution is 5.94. The fourth-order valence-electron chi connectivity index (χ4n) is 2.32. The minimum atomic E-state index is -2.56. The standard InChI is InChI=1S/C16H20F2N2/c1-5-19-12-9-13(15(17)18)20-14-10(12)7-6-8-11(14)16(2,3)4/h6-9,15H,5H2,1-4H3,(H,19,20). The minimum Gasteiger partial charge on any atom is -0.385 e. The van der Waals surface area contributed by atoms with Crippen molar-refractivity contribution in [3.05, 3.63) is 35.5 Å². The summed E-state index contributed by atoms with van der Waals surface area (Å²) in [6, 6.07) is 7.28. The molecule has 0 atom stereocenters. The monoisotopic (exact) mass is 278 g/mol. The highest BCUT2D eigenvalue weighted by Gasteiger charge is 2.21. The fraction of sp³-hybridized carbons (Fsp3) is 0.438. The van der Waals surface area contributed by atoms with Crippen molar-refractivity contribution >= 4 is 16.6 Å². The van der Waals surface area contributed by atoms with Crippen LogP contribution in [0.3, 0.4) is 0 Å². The van der Waals surface area contributed by atoms with Gasteiger partial charge >= 0.3 is 0 Å². The number of para-hydroxylation sites is 1. The molecule has 0 saturated carbocycles. The number of alkyl halides is 2. The number of rotatable bonds is 3. The van der Waals surface area contributed by atoms with Crippen LogP contribution in [0.5, 0.6) is 0 Å². The molecule has 0 radical (unpaired) electrons. The van der Waals surface area contributed by atoms with Crippen LogP contribution in [0.2, 0.25) is 0 Å². The molecule has 2 rings (SSSR count). The predicted molar refractivity (Wildman–Crippen MR) is 79.6 cm³/mol. The number of nitrogens with one attached hydrogen (secondary N) is 1. The molecule has 2 aromatic rings. The van der Waals surface area contributed by atoms with E-state index in [1.165, 1.54) is 6.07 Å². The van der Waals surface area contributed by atoms with Crippen molar-refractivity contribution in [3.63, 3.8) is 0 Å². The topological polar surface area (TPSA) is 24.9 Å². The molecule has 1 aromatic heterocycles. The summed E-state index contributed by atoms with van der Waals surface area (Å²) in [5, 5.41) is 4.04. The zero-order valence-corrected chi connectivity index (χ0v) is 12.3. The molecule has 1 N–H and O–H groups in total. The second-order valence-corrected chi connectivity index (χ2v) is 5.88. The van der Waals surface area contributed by atoms with Crippen molar-refractivity contribution in [2.75, 3.05) is 11.9 Å². The number of benzene rings is 1. The Morgan fingerprint density at radius 3 is 2.50 bits per heavy atom. The molecule has 20 heavy (non-hydrogen) atoms. The molecule has 1 heterocycles. The maximum Gasteiger partial charge on any atom is 0.280 e. The molecule has 0 fully saturated rings. The van der Waals surface area contributed by atoms with Crippen LogP contribution in [0.1, 0.15) is 45.4 Å². The van der Waals surface area contributed by atoms with Gasteiger partial charge in [-0.2, -0.15) is 0 Å². The molecule has 0 aliphatic carbocycles. The summed E-state index contributed by atoms with van der Waals surface area (Å²) in [4.78, 5) is 4.19. The van der Waals surface area contributed by atoms with Crippen LogP contribution in [0.4, 0.5) is 14.5 Å². The number of fused-ring (bicyclic) bond motifs is 1. The van der Waals surface area contributed by atoms with Gasteiger partial charge in [0.05, 0.1) is 5.52 Å². The first kappa shape index (κ1) is 14.7. The third kappa shape index (κ3) is 2.74. The van der Waals surface area contributed by atoms with Crippen LogP contribution in [0.15, 0.2) is 24.3 Å². The van der Waals surface area contributed by atoms with Gasteiger partial charge in [0.1, 0.15) is 5.69 Å². The summed E-state index contributed by atoms with van der Waals surface area (Å²) in [6.07, 6.45) is -2.56. The summed E-state index contributed by atoms with van der Waals surface area (Å²) in [7, 11) is 0. The Morgan fingerprint density at radius 1 is 1.25 bits per heavy atom. The molecular weight excluding hydrogens is 258 g/mol. The quantitative estimate of drug-likeness (QED) is 0.863. The number of pyridine rings is 1. The van der Waals surface area contributed by atoms with Crippen LogP contribution < -0.4 is 5.32 Å². The van der Waals surface area contributed by atoms with Gasteiger partial charge in [-0.3, -0.25) is 0 Å². The van der Waals surface area contributed by atoms with Crippen molar-refractivity contribution in [1.29, 1.82) is 0 Å². The molecule has 108 valence electrons. The molecule has 0 spiro atoms. The van der Waals surface area contributed by atoms with E-state index in [0.29, 0.717) is 12.1 Å². The maximum atomic E-state index is 13.1. The molecule has 0 aliphatic rings. The highest BCUT2D eigenvalue weighted by atomic mass is 19.3. The summed E-state index contributed by atoms with van der Waals surface area (Å²) in [5.41, 5.74) is 2.05. The van der Waals surface area contributed by atoms with Crippen LogP contribution in [0.25, 0.3) is 10.9 Å². The zero-order valence-electron chi connectivity index (χ0n) is 12.3. The van der Waals surface area contributed by atoms with Gasteiger partial charge in [-0.15, -0.1) is 0 Å². The van der Waals surface area contributed by atoms with Crippen molar-refractivity contribution in [1.82, 2.24) is 4.98 Å². The zero-order chi connectivity index (χ0) is 14.9. The third-order valence-corrected chi connectivity index (χ3v) is 3.26. The molecule has 0 aliphatic heterocycles. The lowest BCUT2D eigenvalue weighted by Crippen LogP contribution is -2.13. The third-order valence-electron chi connectivity index (χ3n) is 3.26. The molecule has 1 aromatic carbocycles. The van der Waals surface area contributed by atoms with Crippen molar-refractivity contribution in [3.8, 4) is 0 Å². The maximum absolute atomic E-state index is 13.1. The number of anilines is 1. The number of hydrogen-bond donors (Lipinski definition) is 1. The smallest absolute Gasteiger partial charge is 0.280 e. The molecule has 0 unspecified atom stereocenters. The largest absolute Gasteiger partial charge is 0.385 e. The first-order valence-corrected chi connectivity index (χ1v) is 6.80. The van der Waals surface area contributed by atoms with E-state index in [2.05, 4.69) is 31.1 Å². The second kappa shape index (κ2) is 5.35. The van der Waals surface area contributed by atoms with Crippen LogP contribution in [-0.2, 0) is 5.41 Å². The van der Waals surface area contributed by atoms with Crippen molar-refractivity contribution < 1.29 is 8.78 Å². The molecule has 2 nitrogen and oxygen atoms in total. The van der Waals surface area contributed by atoms with Crippen LogP contribution >= 0.6 is 0 Å². The Balaban J connectivity index is 2.79. The van der Waals surface area contributed by atoms with Crippen LogP contribution in [0, 0.1) is 0 Å². The SMILES string of the molecule is CCNc1cc(C(F)F)nc2c(C(C)(C)C)cccc12. The Labute approximate surface area is 118 Å². The van der Waals surface area contributed by atoms with Crippen LogP contribution in [-0.4, -0.2) is 11.5 Å². The molecule has 4 heteroatoms. The van der Waals surface area contributed by atoms with E-state index >= 15 is 0 Å². The van der Waals surface area contributed by atoms with E-state index in [4.69, 9.17) is 0 Å². The minimum absolute atomic E-state index is 0.142. The van der Waals surface area contributed by atoms with E-state index < -0.39 is 6.43 Å². The molecule has 0 amide bonds. The molecular formula is C16H20F2N2. The Hall–Kier alpha value is -1.71. The van der Waals surface area contributed by atoms with Gasteiger partial charge in [0.25, 0.3) is 6.43 Å². The second-order valence-electron chi connectivity index (χ2n) is 5.88. The summed E-state index contributed by atoms with van der Waals surface area (Å²) >= 11 is 0. The van der Waals surface area contributed by atoms with E-state index in [9.17, 15) is 8.78 Å². The highest BCUT2D eigenvalue weighted by Crippen LogP contribution is 2.34. The van der Waals surface area contributed by atoms with Gasteiger partial charge in [-0.1, -0.05) is 39.0 Å². The van der Waals surface area contributed by atoms with E-state index in [-0.39, 0.29) is 11.1 Å². The predicted octanol–water partition coefficient (Wildman–Crippen LogP) is 4.90. The van der Waals surface area contributed by atoms with Crippen molar-refractivity contribution in [2.45, 2.75) is 39.5 Å². The average molecular weight is 278 g/mol. The van der Waals surface area contributed by atoms with E-state index in [0.717, 1.165) is 16.6 Å². The lowest BCUT2D eigenvalue weighted by molar-refractivity contribution is 0.146. The lowest BCUT2D eigenvalue weighted by atomic mass is 9.85. The van der Waals surface area contributed by atoms with Gasteiger partial charge in [0.2, 0.25) is 0 Å². The summed E-state index contributed by atoms with van der Waals surface area (Å²) in [5.74, 6) is 0. The average Bonchev–Trinajstić information content (AvgIpc) is 2.37. The number of hydrogen-bond acceptors (Lipinski definition) is 2. The fourth-order valence-corrected chi connectivity index (χ4v) is 2.32. The van der Waals surface area contributed by atoms with Gasteiger partial charge in [0, 0.05) is 17.6 Å². The van der Waals surface area contributed by atoms with E-state index in [1.54, 1.807) is 0 Å². The van der Waals surface area contributed by atoms with Gasteiger partial charge in [-0.25, -0.2) is 13.8 Å². The first-order valence-electron chi connectivity index (χ1n) is 6.80. The Morgan fingerprint density at radius 2 is 1.95 bits per heavy atom. The lowest BCUT2D eigenvalue weighted by Gasteiger charge is -2.22. The van der Waals surface area contributed by atoms with Gasteiger partial charge in [-0.05, 0) is 24.0 Å². The van der Waals surface area contributed by atoms with Gasteiger partial charge < -0.3 is 5.32 Å². The number of aromatic nitrogens is 1. The number of halogens is 2. The number of nitrogens with zero attached hydrogens (tertiary/aromatic N) is 1. The normalized spacial score (nSPS) is 12.2. The Bertz CT molecular complexity index is 616. The van der Waals surface area contributed by atoms with Gasteiger partial charge in [0.15, 0.2) is 0 Å². The first-order chi connectivity index (χ1) is 9.34. The molecule has 0 saturated heterocycles. The molecule has 0 bridgehead atoms. The summed E-state index contributed by atoms with van der Waals surface area (Å²) < 4.78 is 26.1. The van der Waals surface area contributed by atoms with Crippen molar-refractivity contribution in [2.24, 2.45) is 0 Å². The Kier molecular flexibility index (Phi) is 3.93. The summed E-state index contributed by atoms with van der Waals surface area (Å²) in [6.45, 7) is 8.81. The van der Waals surface area contributed by atoms with E-state index in [1.807, 2.05) is 25.1 Å².